The Balaban J connectivity index is 2.07. The van der Waals surface area contributed by atoms with Crippen molar-refractivity contribution in [3.05, 3.63) is 54.1 Å². The van der Waals surface area contributed by atoms with E-state index < -0.39 is 34.1 Å². The molecule has 0 bridgehead atoms. The third kappa shape index (κ3) is 3.85. The molecule has 0 saturated heterocycles. The smallest absolute Gasteiger partial charge is 0.237 e. The Labute approximate surface area is 122 Å². The summed E-state index contributed by atoms with van der Waals surface area (Å²) in [7, 11) is -1.83. The molecule has 7 heteroatoms. The van der Waals surface area contributed by atoms with Gasteiger partial charge >= 0.3 is 0 Å². The highest BCUT2D eigenvalue weighted by molar-refractivity contribution is 7.85. The molecule has 2 aromatic carbocycles. The van der Waals surface area contributed by atoms with Crippen LogP contribution in [0.15, 0.2) is 47.4 Å². The van der Waals surface area contributed by atoms with Gasteiger partial charge in [-0.3, -0.25) is 9.00 Å². The maximum absolute atomic E-state index is 13.4. The lowest BCUT2D eigenvalue weighted by atomic mass is 10.2. The Kier molecular flexibility index (Phi) is 4.64. The van der Waals surface area contributed by atoms with E-state index in [9.17, 15) is 17.8 Å². The minimum Gasteiger partial charge on any atom is -0.397 e. The first-order valence-corrected chi connectivity index (χ1v) is 7.27. The lowest BCUT2D eigenvalue weighted by Crippen LogP contribution is -2.20. The van der Waals surface area contributed by atoms with Crippen molar-refractivity contribution >= 4 is 28.1 Å². The van der Waals surface area contributed by atoms with Crippen LogP contribution in [-0.4, -0.2) is 15.9 Å². The maximum atomic E-state index is 13.4. The third-order valence-corrected chi connectivity index (χ3v) is 3.98. The number of amides is 1. The van der Waals surface area contributed by atoms with E-state index in [1.807, 2.05) is 0 Å². The van der Waals surface area contributed by atoms with Crippen LogP contribution in [0, 0.1) is 11.6 Å². The molecule has 1 unspecified atom stereocenters. The first-order valence-electron chi connectivity index (χ1n) is 5.95. The molecule has 1 amide bonds. The van der Waals surface area contributed by atoms with Gasteiger partial charge in [0.2, 0.25) is 5.91 Å². The lowest BCUT2D eigenvalue weighted by molar-refractivity contribution is -0.113. The molecule has 0 aliphatic rings. The number of carbonyl (C=O) groups excluding carboxylic acids is 1. The number of halogens is 2. The molecule has 3 N–H and O–H groups in total. The summed E-state index contributed by atoms with van der Waals surface area (Å²) in [4.78, 5) is 11.7. The summed E-state index contributed by atoms with van der Waals surface area (Å²) in [6, 6.07) is 9.01. The van der Waals surface area contributed by atoms with E-state index >= 15 is 0 Å². The molecular weight excluding hydrogens is 298 g/mol. The molecular formula is C14H12F2N2O2S. The van der Waals surface area contributed by atoms with Gasteiger partial charge in [-0.15, -0.1) is 0 Å². The molecule has 0 heterocycles. The van der Waals surface area contributed by atoms with Crippen LogP contribution in [0.4, 0.5) is 20.2 Å². The van der Waals surface area contributed by atoms with E-state index in [0.29, 0.717) is 0 Å². The Morgan fingerprint density at radius 1 is 1.19 bits per heavy atom. The molecule has 0 aromatic heterocycles. The molecule has 0 aliphatic heterocycles. The van der Waals surface area contributed by atoms with Crippen molar-refractivity contribution in [3.8, 4) is 0 Å². The van der Waals surface area contributed by atoms with E-state index in [1.165, 1.54) is 24.3 Å². The van der Waals surface area contributed by atoms with E-state index in [2.05, 4.69) is 5.32 Å². The summed E-state index contributed by atoms with van der Waals surface area (Å²) in [5.41, 5.74) is 5.86. The van der Waals surface area contributed by atoms with Crippen molar-refractivity contribution in [1.82, 2.24) is 0 Å². The predicted molar refractivity (Wildman–Crippen MR) is 77.1 cm³/mol. The highest BCUT2D eigenvalue weighted by Gasteiger charge is 2.14. The fourth-order valence-corrected chi connectivity index (χ4v) is 2.63. The number of hydrogen-bond acceptors (Lipinski definition) is 3. The standard InChI is InChI=1S/C14H12F2N2O2S/c15-9-5-6-11(17)12(7-9)18-14(19)8-21(20)13-4-2-1-3-10(13)16/h1-7H,8,17H2,(H,18,19). The van der Waals surface area contributed by atoms with E-state index in [4.69, 9.17) is 5.73 Å². The van der Waals surface area contributed by atoms with Crippen molar-refractivity contribution in [3.63, 3.8) is 0 Å². The van der Waals surface area contributed by atoms with Gasteiger partial charge in [0.15, 0.2) is 0 Å². The Morgan fingerprint density at radius 2 is 1.90 bits per heavy atom. The van der Waals surface area contributed by atoms with Gasteiger partial charge in [-0.25, -0.2) is 8.78 Å². The molecule has 0 fully saturated rings. The topological polar surface area (TPSA) is 72.2 Å². The van der Waals surface area contributed by atoms with Crippen molar-refractivity contribution in [2.75, 3.05) is 16.8 Å². The highest BCUT2D eigenvalue weighted by Crippen LogP contribution is 2.19. The first-order chi connectivity index (χ1) is 9.97. The molecule has 0 radical (unpaired) electrons. The van der Waals surface area contributed by atoms with Crippen molar-refractivity contribution in [2.24, 2.45) is 0 Å². The third-order valence-electron chi connectivity index (χ3n) is 2.63. The van der Waals surface area contributed by atoms with Crippen molar-refractivity contribution < 1.29 is 17.8 Å². The Bertz CT molecular complexity index is 707. The fourth-order valence-electron chi connectivity index (χ4n) is 1.65. The van der Waals surface area contributed by atoms with Crippen LogP contribution in [0.5, 0.6) is 0 Å². The number of hydrogen-bond donors (Lipinski definition) is 2. The van der Waals surface area contributed by atoms with Crippen LogP contribution in [0.2, 0.25) is 0 Å². The molecule has 110 valence electrons. The van der Waals surface area contributed by atoms with Gasteiger partial charge in [-0.2, -0.15) is 0 Å². The minimum atomic E-state index is -1.83. The zero-order chi connectivity index (χ0) is 15.4. The number of nitrogens with two attached hydrogens (primary N) is 1. The van der Waals surface area contributed by atoms with Gasteiger partial charge in [0.25, 0.3) is 0 Å². The number of benzene rings is 2. The van der Waals surface area contributed by atoms with Gasteiger partial charge in [0.05, 0.1) is 27.1 Å². The second-order valence-corrected chi connectivity index (χ2v) is 5.62. The quantitative estimate of drug-likeness (QED) is 0.851. The van der Waals surface area contributed by atoms with Crippen LogP contribution < -0.4 is 11.1 Å². The number of nitrogens with one attached hydrogen (secondary N) is 1. The number of anilines is 2. The highest BCUT2D eigenvalue weighted by atomic mass is 32.2. The van der Waals surface area contributed by atoms with Crippen LogP contribution in [0.3, 0.4) is 0 Å². The number of rotatable bonds is 4. The second kappa shape index (κ2) is 6.45. The second-order valence-electron chi connectivity index (χ2n) is 4.20. The van der Waals surface area contributed by atoms with Gasteiger partial charge in [-0.1, -0.05) is 12.1 Å². The van der Waals surface area contributed by atoms with Crippen LogP contribution in [0.25, 0.3) is 0 Å². The maximum Gasteiger partial charge on any atom is 0.237 e. The fraction of sp³-hybridized carbons (Fsp3) is 0.0714. The Morgan fingerprint density at radius 3 is 2.62 bits per heavy atom. The monoisotopic (exact) mass is 310 g/mol. The van der Waals surface area contributed by atoms with E-state index in [1.54, 1.807) is 0 Å². The van der Waals surface area contributed by atoms with Crippen LogP contribution >= 0.6 is 0 Å². The summed E-state index contributed by atoms with van der Waals surface area (Å²) < 4.78 is 38.4. The average molecular weight is 310 g/mol. The first kappa shape index (κ1) is 15.1. The average Bonchev–Trinajstić information content (AvgIpc) is 2.43. The predicted octanol–water partition coefficient (Wildman–Crippen LogP) is 2.29. The van der Waals surface area contributed by atoms with Gasteiger partial charge < -0.3 is 11.1 Å². The van der Waals surface area contributed by atoms with E-state index in [-0.39, 0.29) is 16.3 Å². The number of nitrogen functional groups attached to an aromatic ring is 1. The molecule has 2 rings (SSSR count). The molecule has 2 aromatic rings. The molecule has 1 atom stereocenters. The molecule has 0 saturated carbocycles. The molecule has 4 nitrogen and oxygen atoms in total. The van der Waals surface area contributed by atoms with Crippen LogP contribution in [-0.2, 0) is 15.6 Å². The van der Waals surface area contributed by atoms with Gasteiger partial charge in [0.1, 0.15) is 17.4 Å². The molecule has 21 heavy (non-hydrogen) atoms. The zero-order valence-electron chi connectivity index (χ0n) is 10.8. The lowest BCUT2D eigenvalue weighted by Gasteiger charge is -2.08. The SMILES string of the molecule is Nc1ccc(F)cc1NC(=O)CS(=O)c1ccccc1F. The minimum absolute atomic E-state index is 0.0557. The molecule has 0 aliphatic carbocycles. The Hall–Kier alpha value is -2.28. The zero-order valence-corrected chi connectivity index (χ0v) is 11.6. The van der Waals surface area contributed by atoms with E-state index in [0.717, 1.165) is 18.2 Å². The van der Waals surface area contributed by atoms with Gasteiger partial charge in [0, 0.05) is 0 Å². The molecule has 0 spiro atoms. The van der Waals surface area contributed by atoms with Gasteiger partial charge in [-0.05, 0) is 30.3 Å². The van der Waals surface area contributed by atoms with Crippen molar-refractivity contribution in [1.29, 1.82) is 0 Å². The van der Waals surface area contributed by atoms with Crippen LogP contribution in [0.1, 0.15) is 0 Å². The summed E-state index contributed by atoms with van der Waals surface area (Å²) in [6.45, 7) is 0. The largest absolute Gasteiger partial charge is 0.397 e. The van der Waals surface area contributed by atoms with Crippen molar-refractivity contribution in [2.45, 2.75) is 4.90 Å². The number of carbonyl (C=O) groups is 1. The summed E-state index contributed by atoms with van der Waals surface area (Å²) in [5, 5.41) is 2.35. The summed E-state index contributed by atoms with van der Waals surface area (Å²) >= 11 is 0. The summed E-state index contributed by atoms with van der Waals surface area (Å²) in [6.07, 6.45) is 0. The normalized spacial score (nSPS) is 11.9. The summed E-state index contributed by atoms with van der Waals surface area (Å²) in [5.74, 6) is -2.30.